The van der Waals surface area contributed by atoms with Crippen LogP contribution >= 0.6 is 0 Å². The van der Waals surface area contributed by atoms with Gasteiger partial charge < -0.3 is 9.64 Å². The molecule has 0 fully saturated rings. The van der Waals surface area contributed by atoms with Crippen molar-refractivity contribution in [1.29, 1.82) is 0 Å². The van der Waals surface area contributed by atoms with Crippen LogP contribution in [0, 0.1) is 0 Å². The molecule has 1 aromatic carbocycles. The quantitative estimate of drug-likeness (QED) is 0.767. The second-order valence-corrected chi connectivity index (χ2v) is 6.28. The summed E-state index contributed by atoms with van der Waals surface area (Å²) in [6.07, 6.45) is 4.45. The van der Waals surface area contributed by atoms with Crippen molar-refractivity contribution in [1.82, 2.24) is 20.1 Å². The Morgan fingerprint density at radius 3 is 2.69 bits per heavy atom. The van der Waals surface area contributed by atoms with Crippen molar-refractivity contribution < 1.29 is 9.53 Å². The summed E-state index contributed by atoms with van der Waals surface area (Å²) < 4.78 is 5.24. The highest BCUT2D eigenvalue weighted by Gasteiger charge is 2.41. The van der Waals surface area contributed by atoms with Crippen molar-refractivity contribution >= 4 is 5.91 Å². The number of methoxy groups -OCH3 is 1. The Kier molecular flexibility index (Phi) is 4.16. The molecule has 6 heteroatoms. The van der Waals surface area contributed by atoms with Gasteiger partial charge in [0.1, 0.15) is 11.4 Å². The predicted molar refractivity (Wildman–Crippen MR) is 98.0 cm³/mol. The number of nitrogens with zero attached hydrogens (tertiary/aromatic N) is 3. The highest BCUT2D eigenvalue weighted by molar-refractivity contribution is 6.00. The molecule has 1 N–H and O–H groups in total. The maximum atomic E-state index is 12.9. The number of ether oxygens (including phenoxy) is 1. The summed E-state index contributed by atoms with van der Waals surface area (Å²) in [6, 6.07) is 11.4. The van der Waals surface area contributed by atoms with Crippen molar-refractivity contribution in [2.45, 2.75) is 19.4 Å². The third kappa shape index (κ3) is 2.54. The molecule has 6 nitrogen and oxygen atoms in total. The summed E-state index contributed by atoms with van der Waals surface area (Å²) in [7, 11) is 1.64. The van der Waals surface area contributed by atoms with Crippen molar-refractivity contribution in [2.24, 2.45) is 0 Å². The van der Waals surface area contributed by atoms with E-state index < -0.39 is 0 Å². The molecule has 26 heavy (non-hydrogen) atoms. The van der Waals surface area contributed by atoms with Gasteiger partial charge in [0.2, 0.25) is 0 Å². The van der Waals surface area contributed by atoms with E-state index in [1.165, 1.54) is 0 Å². The second-order valence-electron chi connectivity index (χ2n) is 6.28. The van der Waals surface area contributed by atoms with Crippen LogP contribution in [0.3, 0.4) is 0 Å². The molecule has 4 rings (SSSR count). The van der Waals surface area contributed by atoms with E-state index in [4.69, 9.17) is 4.74 Å². The van der Waals surface area contributed by atoms with Gasteiger partial charge in [0.15, 0.2) is 0 Å². The standard InChI is InChI=1S/C20H20N4O2/c1-3-11-24-19(14-5-4-10-21-12-14)16-17(22-23-18(16)20(24)25)13-6-8-15(26-2)9-7-13/h4-10,12,19H,3,11H2,1-2H3,(H,22,23)/t19-/m1/s1. The molecule has 1 aliphatic heterocycles. The van der Waals surface area contributed by atoms with Crippen LogP contribution in [0.1, 0.15) is 41.0 Å². The number of fused-ring (bicyclic) bond motifs is 1. The summed E-state index contributed by atoms with van der Waals surface area (Å²) in [6.45, 7) is 2.76. The number of nitrogens with one attached hydrogen (secondary N) is 1. The zero-order valence-corrected chi connectivity index (χ0v) is 14.8. The lowest BCUT2D eigenvalue weighted by Crippen LogP contribution is -2.30. The number of hydrogen-bond acceptors (Lipinski definition) is 4. The molecule has 0 radical (unpaired) electrons. The first-order chi connectivity index (χ1) is 12.7. The van der Waals surface area contributed by atoms with Crippen molar-refractivity contribution in [3.63, 3.8) is 0 Å². The van der Waals surface area contributed by atoms with Crippen LogP contribution in [0.5, 0.6) is 5.75 Å². The zero-order chi connectivity index (χ0) is 18.1. The van der Waals surface area contributed by atoms with Crippen LogP contribution in [-0.4, -0.2) is 39.6 Å². The van der Waals surface area contributed by atoms with Crippen LogP contribution in [0.4, 0.5) is 0 Å². The fourth-order valence-corrected chi connectivity index (χ4v) is 3.52. The Bertz CT molecular complexity index is 919. The molecule has 3 aromatic rings. The smallest absolute Gasteiger partial charge is 0.273 e. The lowest BCUT2D eigenvalue weighted by atomic mass is 9.97. The van der Waals surface area contributed by atoms with Gasteiger partial charge in [-0.1, -0.05) is 13.0 Å². The van der Waals surface area contributed by atoms with Crippen LogP contribution in [-0.2, 0) is 0 Å². The summed E-state index contributed by atoms with van der Waals surface area (Å²) in [5.41, 5.74) is 4.22. The molecule has 0 spiro atoms. The topological polar surface area (TPSA) is 71.1 Å². The number of aromatic amines is 1. The second kappa shape index (κ2) is 6.63. The monoisotopic (exact) mass is 348 g/mol. The molecule has 1 amide bonds. The zero-order valence-electron chi connectivity index (χ0n) is 14.8. The highest BCUT2D eigenvalue weighted by Crippen LogP contribution is 2.42. The fraction of sp³-hybridized carbons (Fsp3) is 0.250. The summed E-state index contributed by atoms with van der Waals surface area (Å²) in [5.74, 6) is 0.774. The van der Waals surface area contributed by atoms with E-state index in [0.717, 1.165) is 34.6 Å². The van der Waals surface area contributed by atoms with Gasteiger partial charge in [-0.2, -0.15) is 5.10 Å². The van der Waals surface area contributed by atoms with E-state index in [2.05, 4.69) is 22.1 Å². The van der Waals surface area contributed by atoms with Crippen molar-refractivity contribution in [3.05, 3.63) is 65.6 Å². The van der Waals surface area contributed by atoms with E-state index in [1.54, 1.807) is 13.3 Å². The van der Waals surface area contributed by atoms with Gasteiger partial charge in [-0.05, 0) is 42.3 Å². The molecule has 0 unspecified atom stereocenters. The summed E-state index contributed by atoms with van der Waals surface area (Å²) >= 11 is 0. The van der Waals surface area contributed by atoms with Gasteiger partial charge in [-0.3, -0.25) is 14.9 Å². The molecule has 132 valence electrons. The van der Waals surface area contributed by atoms with Gasteiger partial charge in [0.25, 0.3) is 5.91 Å². The largest absolute Gasteiger partial charge is 0.497 e. The number of amides is 1. The minimum atomic E-state index is -0.179. The summed E-state index contributed by atoms with van der Waals surface area (Å²) in [4.78, 5) is 19.1. The van der Waals surface area contributed by atoms with E-state index in [1.807, 2.05) is 47.5 Å². The lowest BCUT2D eigenvalue weighted by Gasteiger charge is -2.25. The van der Waals surface area contributed by atoms with E-state index in [0.29, 0.717) is 12.2 Å². The van der Waals surface area contributed by atoms with Gasteiger partial charge in [0.05, 0.1) is 18.8 Å². The Hall–Kier alpha value is -3.15. The van der Waals surface area contributed by atoms with Gasteiger partial charge in [-0.15, -0.1) is 0 Å². The Labute approximate surface area is 151 Å². The maximum absolute atomic E-state index is 12.9. The predicted octanol–water partition coefficient (Wildman–Crippen LogP) is 3.44. The first kappa shape index (κ1) is 16.3. The van der Waals surface area contributed by atoms with Crippen LogP contribution in [0.15, 0.2) is 48.8 Å². The Morgan fingerprint density at radius 1 is 1.23 bits per heavy atom. The van der Waals surface area contributed by atoms with E-state index in [9.17, 15) is 4.79 Å². The first-order valence-corrected chi connectivity index (χ1v) is 8.68. The number of carbonyl (C=O) groups excluding carboxylic acids is 1. The molecule has 0 aliphatic carbocycles. The van der Waals surface area contributed by atoms with Gasteiger partial charge in [0, 0.05) is 30.1 Å². The first-order valence-electron chi connectivity index (χ1n) is 8.68. The number of rotatable bonds is 5. The van der Waals surface area contributed by atoms with Crippen LogP contribution in [0.25, 0.3) is 11.3 Å². The normalized spacial score (nSPS) is 16.0. The number of hydrogen-bond donors (Lipinski definition) is 1. The maximum Gasteiger partial charge on any atom is 0.273 e. The third-order valence-corrected chi connectivity index (χ3v) is 4.69. The number of benzene rings is 1. The van der Waals surface area contributed by atoms with Gasteiger partial charge in [-0.25, -0.2) is 0 Å². The molecule has 0 bridgehead atoms. The number of H-pyrrole nitrogens is 1. The van der Waals surface area contributed by atoms with Gasteiger partial charge >= 0.3 is 0 Å². The SMILES string of the molecule is CCCN1C(=O)c2[nH]nc(-c3ccc(OC)cc3)c2[C@H]1c1cccnc1. The van der Waals surface area contributed by atoms with Crippen molar-refractivity contribution in [2.75, 3.05) is 13.7 Å². The van der Waals surface area contributed by atoms with Crippen LogP contribution < -0.4 is 4.74 Å². The fourth-order valence-electron chi connectivity index (χ4n) is 3.52. The molecule has 0 saturated carbocycles. The van der Waals surface area contributed by atoms with Crippen LogP contribution in [0.2, 0.25) is 0 Å². The Morgan fingerprint density at radius 2 is 2.04 bits per heavy atom. The van der Waals surface area contributed by atoms with E-state index in [-0.39, 0.29) is 11.9 Å². The molecule has 0 saturated heterocycles. The van der Waals surface area contributed by atoms with E-state index >= 15 is 0 Å². The molecule has 2 aromatic heterocycles. The molecular weight excluding hydrogens is 328 g/mol. The molecule has 3 heterocycles. The lowest BCUT2D eigenvalue weighted by molar-refractivity contribution is 0.0744. The molecule has 1 atom stereocenters. The highest BCUT2D eigenvalue weighted by atomic mass is 16.5. The Balaban J connectivity index is 1.85. The molecule has 1 aliphatic rings. The number of pyridine rings is 1. The number of carbonyl (C=O) groups is 1. The third-order valence-electron chi connectivity index (χ3n) is 4.69. The average molecular weight is 348 g/mol. The van der Waals surface area contributed by atoms with Crippen molar-refractivity contribution in [3.8, 4) is 17.0 Å². The minimum absolute atomic E-state index is 0.0111. The summed E-state index contributed by atoms with van der Waals surface area (Å²) in [5, 5.41) is 7.41. The average Bonchev–Trinajstić information content (AvgIpc) is 3.23. The molecular formula is C20H20N4O2. The minimum Gasteiger partial charge on any atom is -0.497 e. The number of aromatic nitrogens is 3.